The molecule has 1 fully saturated rings. The number of hydrogen-bond acceptors (Lipinski definition) is 4. The second-order valence-corrected chi connectivity index (χ2v) is 9.46. The number of piperidine rings is 1. The van der Waals surface area contributed by atoms with Crippen molar-refractivity contribution in [2.45, 2.75) is 39.3 Å². The Balaban J connectivity index is 1.67. The second-order valence-electron chi connectivity index (χ2n) is 9.08. The number of aromatic nitrogens is 4. The molecule has 1 aliphatic heterocycles. The number of H-pyrrole nitrogens is 1. The highest BCUT2D eigenvalue weighted by molar-refractivity contribution is 6.36. The van der Waals surface area contributed by atoms with E-state index in [1.54, 1.807) is 0 Å². The van der Waals surface area contributed by atoms with Crippen molar-refractivity contribution < 1.29 is 9.90 Å². The molecule has 0 saturated carbocycles. The normalized spacial score (nSPS) is 14.6. The third kappa shape index (κ3) is 4.05. The van der Waals surface area contributed by atoms with Crippen molar-refractivity contribution in [3.63, 3.8) is 0 Å². The Bertz CT molecular complexity index is 1410. The molecule has 35 heavy (non-hydrogen) atoms. The predicted octanol–water partition coefficient (Wildman–Crippen LogP) is 5.21. The molecule has 7 nitrogen and oxygen atoms in total. The molecule has 2 aromatic carbocycles. The van der Waals surface area contributed by atoms with Gasteiger partial charge in [-0.2, -0.15) is 10.2 Å². The van der Waals surface area contributed by atoms with E-state index in [2.05, 4.69) is 28.4 Å². The highest BCUT2D eigenvalue weighted by atomic mass is 35.5. The number of aryl methyl sites for hydroxylation is 1. The summed E-state index contributed by atoms with van der Waals surface area (Å²) in [7, 11) is 0. The maximum atomic E-state index is 12.1. The van der Waals surface area contributed by atoms with Gasteiger partial charge < -0.3 is 10.0 Å². The largest absolute Gasteiger partial charge is 0.392 e. The number of nitrogens with zero attached hydrogens (tertiary/aromatic N) is 4. The standard InChI is InChI=1S/C27H28ClN5O2/c1-4-23(35)32-11-9-20(10-12-32)33-17(3)24(27(31-33)19-7-5-18(15-34)6-8-19)25-21-14-29-30-22(21)13-16(2)26(25)28/h4-8,13-14,20,34H,1,9-12,15H2,2-3H3,(H,29,30). The van der Waals surface area contributed by atoms with Crippen LogP contribution in [0.4, 0.5) is 0 Å². The van der Waals surface area contributed by atoms with Crippen LogP contribution in [0.3, 0.4) is 0 Å². The lowest BCUT2D eigenvalue weighted by Crippen LogP contribution is -2.38. The minimum absolute atomic E-state index is 0.0119. The van der Waals surface area contributed by atoms with E-state index >= 15 is 0 Å². The van der Waals surface area contributed by atoms with Gasteiger partial charge in [0.2, 0.25) is 5.91 Å². The Morgan fingerprint density at radius 2 is 1.94 bits per heavy atom. The van der Waals surface area contributed by atoms with Crippen molar-refractivity contribution in [2.24, 2.45) is 0 Å². The molecule has 0 radical (unpaired) electrons. The number of carbonyl (C=O) groups is 1. The molecule has 8 heteroatoms. The molecule has 2 aromatic heterocycles. The Morgan fingerprint density at radius 3 is 2.60 bits per heavy atom. The van der Waals surface area contributed by atoms with Crippen LogP contribution in [0.15, 0.2) is 49.2 Å². The number of benzene rings is 2. The summed E-state index contributed by atoms with van der Waals surface area (Å²) in [5.41, 5.74) is 7.44. The topological polar surface area (TPSA) is 87.0 Å². The van der Waals surface area contributed by atoms with Gasteiger partial charge in [-0.05, 0) is 50.0 Å². The first-order chi connectivity index (χ1) is 16.9. The highest BCUT2D eigenvalue weighted by Crippen LogP contribution is 2.44. The molecule has 5 rings (SSSR count). The minimum atomic E-state index is -0.0279. The summed E-state index contributed by atoms with van der Waals surface area (Å²) >= 11 is 6.94. The second kappa shape index (κ2) is 9.32. The van der Waals surface area contributed by atoms with Crippen LogP contribution >= 0.6 is 11.6 Å². The van der Waals surface area contributed by atoms with E-state index in [0.717, 1.165) is 62.9 Å². The average molecular weight is 490 g/mol. The Kier molecular flexibility index (Phi) is 6.21. The van der Waals surface area contributed by atoms with Crippen LogP contribution in [0.1, 0.15) is 35.7 Å². The lowest BCUT2D eigenvalue weighted by molar-refractivity contribution is -0.127. The zero-order valence-corrected chi connectivity index (χ0v) is 20.6. The van der Waals surface area contributed by atoms with Crippen molar-refractivity contribution in [3.8, 4) is 22.4 Å². The zero-order chi connectivity index (χ0) is 24.7. The molecule has 0 aliphatic carbocycles. The van der Waals surface area contributed by atoms with Gasteiger partial charge in [-0.1, -0.05) is 42.4 Å². The number of halogens is 1. The first kappa shape index (κ1) is 23.3. The first-order valence-corrected chi connectivity index (χ1v) is 12.1. The number of aromatic amines is 1. The number of carbonyl (C=O) groups excluding carboxylic acids is 1. The van der Waals surface area contributed by atoms with E-state index in [1.165, 1.54) is 6.08 Å². The predicted molar refractivity (Wildman–Crippen MR) is 138 cm³/mol. The number of rotatable bonds is 5. The minimum Gasteiger partial charge on any atom is -0.392 e. The van der Waals surface area contributed by atoms with Gasteiger partial charge in [0, 0.05) is 40.9 Å². The summed E-state index contributed by atoms with van der Waals surface area (Å²) in [6, 6.07) is 9.98. The van der Waals surface area contributed by atoms with Crippen LogP contribution in [0.5, 0.6) is 0 Å². The van der Waals surface area contributed by atoms with E-state index in [0.29, 0.717) is 18.1 Å². The number of aliphatic hydroxyl groups is 1. The first-order valence-electron chi connectivity index (χ1n) is 11.8. The van der Waals surface area contributed by atoms with E-state index in [1.807, 2.05) is 48.4 Å². The maximum absolute atomic E-state index is 12.1. The smallest absolute Gasteiger partial charge is 0.245 e. The number of nitrogens with one attached hydrogen (secondary N) is 1. The van der Waals surface area contributed by atoms with Gasteiger partial charge in [0.15, 0.2) is 0 Å². The molecule has 1 saturated heterocycles. The molecule has 0 bridgehead atoms. The molecule has 1 aliphatic rings. The van der Waals surface area contributed by atoms with E-state index < -0.39 is 0 Å². The van der Waals surface area contributed by atoms with E-state index in [9.17, 15) is 9.90 Å². The summed E-state index contributed by atoms with van der Waals surface area (Å²) in [5, 5.41) is 23.6. The number of fused-ring (bicyclic) bond motifs is 1. The lowest BCUT2D eigenvalue weighted by atomic mass is 9.94. The summed E-state index contributed by atoms with van der Waals surface area (Å²) < 4.78 is 2.10. The monoisotopic (exact) mass is 489 g/mol. The van der Waals surface area contributed by atoms with Gasteiger partial charge in [-0.3, -0.25) is 14.6 Å². The van der Waals surface area contributed by atoms with Crippen LogP contribution in [0.25, 0.3) is 33.3 Å². The molecule has 0 unspecified atom stereocenters. The van der Waals surface area contributed by atoms with Gasteiger partial charge >= 0.3 is 0 Å². The molecular formula is C27H28ClN5O2. The summed E-state index contributed by atoms with van der Waals surface area (Å²) in [4.78, 5) is 13.9. The van der Waals surface area contributed by atoms with Crippen LogP contribution in [0.2, 0.25) is 5.02 Å². The van der Waals surface area contributed by atoms with Gasteiger partial charge in [-0.15, -0.1) is 0 Å². The number of hydrogen-bond donors (Lipinski definition) is 2. The van der Waals surface area contributed by atoms with Crippen LogP contribution in [-0.2, 0) is 11.4 Å². The molecular weight excluding hydrogens is 462 g/mol. The summed E-state index contributed by atoms with van der Waals surface area (Å²) in [5.74, 6) is -0.0279. The molecule has 0 spiro atoms. The third-order valence-electron chi connectivity index (χ3n) is 6.97. The van der Waals surface area contributed by atoms with Crippen molar-refractivity contribution in [1.82, 2.24) is 24.9 Å². The number of aliphatic hydroxyl groups excluding tert-OH is 1. The van der Waals surface area contributed by atoms with Gasteiger partial charge in [0.05, 0.1) is 29.4 Å². The van der Waals surface area contributed by atoms with E-state index in [-0.39, 0.29) is 18.6 Å². The fourth-order valence-corrected chi connectivity index (χ4v) is 5.30. The molecule has 0 atom stereocenters. The Hall–Kier alpha value is -3.42. The van der Waals surface area contributed by atoms with E-state index in [4.69, 9.17) is 16.7 Å². The highest BCUT2D eigenvalue weighted by Gasteiger charge is 2.29. The summed E-state index contributed by atoms with van der Waals surface area (Å²) in [6.45, 7) is 9.01. The van der Waals surface area contributed by atoms with Gasteiger partial charge in [0.25, 0.3) is 0 Å². The zero-order valence-electron chi connectivity index (χ0n) is 19.9. The number of amides is 1. The fourth-order valence-electron chi connectivity index (χ4n) is 5.05. The lowest BCUT2D eigenvalue weighted by Gasteiger charge is -2.32. The van der Waals surface area contributed by atoms with Crippen molar-refractivity contribution in [1.29, 1.82) is 0 Å². The Morgan fingerprint density at radius 1 is 1.23 bits per heavy atom. The SMILES string of the molecule is C=CC(=O)N1CCC(n2nc(-c3ccc(CO)cc3)c(-c3c(Cl)c(C)cc4[nH]ncc34)c2C)CC1. The molecule has 1 amide bonds. The van der Waals surface area contributed by atoms with Crippen LogP contribution < -0.4 is 0 Å². The van der Waals surface area contributed by atoms with Gasteiger partial charge in [0.1, 0.15) is 5.69 Å². The van der Waals surface area contributed by atoms with Crippen molar-refractivity contribution in [3.05, 3.63) is 71.0 Å². The Labute approximate surface area is 209 Å². The molecule has 180 valence electrons. The summed E-state index contributed by atoms with van der Waals surface area (Å²) in [6.07, 6.45) is 4.81. The molecule has 2 N–H and O–H groups in total. The average Bonchev–Trinajstić information content (AvgIpc) is 3.49. The quantitative estimate of drug-likeness (QED) is 0.377. The van der Waals surface area contributed by atoms with Crippen molar-refractivity contribution in [2.75, 3.05) is 13.1 Å². The van der Waals surface area contributed by atoms with Gasteiger partial charge in [-0.25, -0.2) is 0 Å². The number of likely N-dealkylation sites (tertiary alicyclic amines) is 1. The van der Waals surface area contributed by atoms with Crippen LogP contribution in [-0.4, -0.2) is 49.0 Å². The fraction of sp³-hybridized carbons (Fsp3) is 0.296. The maximum Gasteiger partial charge on any atom is 0.245 e. The molecule has 4 aromatic rings. The molecule has 3 heterocycles. The van der Waals surface area contributed by atoms with Crippen LogP contribution in [0, 0.1) is 13.8 Å². The third-order valence-corrected chi connectivity index (χ3v) is 7.46. The van der Waals surface area contributed by atoms with Crippen molar-refractivity contribution >= 4 is 28.4 Å².